The molecule has 1 aromatic rings. The molecule has 1 unspecified atom stereocenters. The minimum atomic E-state index is -3.32. The number of aliphatic hydroxyl groups excluding tert-OH is 1. The molecule has 0 saturated carbocycles. The number of hydrogen-bond acceptors (Lipinski definition) is 6. The van der Waals surface area contributed by atoms with E-state index in [9.17, 15) is 28.8 Å². The number of carbonyl (C=O) groups is 1. The standard InChI is InChI=1S/C10H6F2N2O6/c11-10(12)20-6-2-1-5(14(18)19)7(4(6)3-13)8(15)9(16)17/h1-2,8,10,15H,(H,16,17). The van der Waals surface area contributed by atoms with E-state index < -0.39 is 46.2 Å². The van der Waals surface area contributed by atoms with Crippen LogP contribution in [-0.4, -0.2) is 27.7 Å². The van der Waals surface area contributed by atoms with Crippen LogP contribution in [0.15, 0.2) is 12.1 Å². The van der Waals surface area contributed by atoms with E-state index >= 15 is 0 Å². The molecule has 0 aliphatic rings. The topological polar surface area (TPSA) is 134 Å². The van der Waals surface area contributed by atoms with E-state index in [-0.39, 0.29) is 0 Å². The maximum absolute atomic E-state index is 12.1. The molecule has 106 valence electrons. The molecule has 0 aromatic heterocycles. The lowest BCUT2D eigenvalue weighted by Gasteiger charge is -2.12. The van der Waals surface area contributed by atoms with E-state index in [4.69, 9.17) is 10.4 Å². The number of hydrogen-bond donors (Lipinski definition) is 2. The van der Waals surface area contributed by atoms with Crippen LogP contribution in [0.1, 0.15) is 17.2 Å². The number of nitro groups is 1. The van der Waals surface area contributed by atoms with Gasteiger partial charge in [0.1, 0.15) is 17.4 Å². The van der Waals surface area contributed by atoms with Crippen molar-refractivity contribution in [2.45, 2.75) is 12.7 Å². The van der Waals surface area contributed by atoms with Crippen LogP contribution < -0.4 is 4.74 Å². The third-order valence-corrected chi connectivity index (χ3v) is 2.22. The van der Waals surface area contributed by atoms with Crippen molar-refractivity contribution in [3.05, 3.63) is 33.4 Å². The van der Waals surface area contributed by atoms with E-state index in [1.165, 1.54) is 6.07 Å². The molecule has 0 spiro atoms. The van der Waals surface area contributed by atoms with Gasteiger partial charge in [0.25, 0.3) is 5.69 Å². The van der Waals surface area contributed by atoms with Gasteiger partial charge in [0.05, 0.1) is 10.5 Å². The summed E-state index contributed by atoms with van der Waals surface area (Å²) in [5.74, 6) is -2.64. The Balaban J connectivity index is 3.59. The molecule has 0 radical (unpaired) electrons. The fraction of sp³-hybridized carbons (Fsp3) is 0.200. The molecule has 0 heterocycles. The summed E-state index contributed by atoms with van der Waals surface area (Å²) in [4.78, 5) is 20.4. The first-order valence-electron chi connectivity index (χ1n) is 4.86. The van der Waals surface area contributed by atoms with Crippen molar-refractivity contribution in [2.24, 2.45) is 0 Å². The first kappa shape index (κ1) is 15.3. The zero-order valence-electron chi connectivity index (χ0n) is 9.49. The van der Waals surface area contributed by atoms with Crippen LogP contribution in [0.3, 0.4) is 0 Å². The average Bonchev–Trinajstić information content (AvgIpc) is 2.35. The molecule has 20 heavy (non-hydrogen) atoms. The van der Waals surface area contributed by atoms with E-state index in [0.717, 1.165) is 6.07 Å². The van der Waals surface area contributed by atoms with Crippen molar-refractivity contribution in [3.63, 3.8) is 0 Å². The molecule has 1 rings (SSSR count). The van der Waals surface area contributed by atoms with Gasteiger partial charge < -0.3 is 14.9 Å². The second kappa shape index (κ2) is 5.89. The van der Waals surface area contributed by atoms with Crippen molar-refractivity contribution in [1.82, 2.24) is 0 Å². The van der Waals surface area contributed by atoms with Crippen molar-refractivity contribution in [1.29, 1.82) is 5.26 Å². The molecule has 10 heteroatoms. The fourth-order valence-electron chi connectivity index (χ4n) is 1.46. The number of carboxylic acid groups (broad SMARTS) is 1. The second-order valence-corrected chi connectivity index (χ2v) is 3.36. The highest BCUT2D eigenvalue weighted by Gasteiger charge is 2.32. The zero-order valence-corrected chi connectivity index (χ0v) is 9.49. The van der Waals surface area contributed by atoms with E-state index in [0.29, 0.717) is 6.07 Å². The van der Waals surface area contributed by atoms with Crippen molar-refractivity contribution in [3.8, 4) is 11.8 Å². The number of nitrogens with zero attached hydrogens (tertiary/aromatic N) is 2. The lowest BCUT2D eigenvalue weighted by Crippen LogP contribution is -2.15. The lowest BCUT2D eigenvalue weighted by molar-refractivity contribution is -0.386. The third kappa shape index (κ3) is 2.96. The number of nitriles is 1. The Hall–Kier alpha value is -2.80. The van der Waals surface area contributed by atoms with Crippen molar-refractivity contribution in [2.75, 3.05) is 0 Å². The number of alkyl halides is 2. The Kier molecular flexibility index (Phi) is 4.50. The van der Waals surface area contributed by atoms with Crippen LogP contribution in [0, 0.1) is 21.4 Å². The molecule has 0 amide bonds. The van der Waals surface area contributed by atoms with Crippen LogP contribution in [0.2, 0.25) is 0 Å². The largest absolute Gasteiger partial charge is 0.479 e. The van der Waals surface area contributed by atoms with Gasteiger partial charge in [-0.25, -0.2) is 4.79 Å². The summed E-state index contributed by atoms with van der Waals surface area (Å²) in [6.45, 7) is -3.32. The molecular formula is C10H6F2N2O6. The van der Waals surface area contributed by atoms with Gasteiger partial charge in [0, 0.05) is 6.07 Å². The number of carboxylic acids is 1. The summed E-state index contributed by atoms with van der Waals surface area (Å²) in [5, 5.41) is 37.7. The molecule has 1 aromatic carbocycles. The summed E-state index contributed by atoms with van der Waals surface area (Å²) < 4.78 is 28.2. The number of halogens is 2. The Morgan fingerprint density at radius 1 is 1.50 bits per heavy atom. The van der Waals surface area contributed by atoms with Crippen LogP contribution in [-0.2, 0) is 4.79 Å². The summed E-state index contributed by atoms with van der Waals surface area (Å²) >= 11 is 0. The minimum absolute atomic E-state index is 0.667. The monoisotopic (exact) mass is 288 g/mol. The molecule has 0 bridgehead atoms. The predicted molar refractivity (Wildman–Crippen MR) is 57.0 cm³/mol. The van der Waals surface area contributed by atoms with E-state index in [1.807, 2.05) is 0 Å². The van der Waals surface area contributed by atoms with Crippen LogP contribution in [0.4, 0.5) is 14.5 Å². The van der Waals surface area contributed by atoms with Gasteiger partial charge in [-0.05, 0) is 6.07 Å². The lowest BCUT2D eigenvalue weighted by atomic mass is 10.00. The molecular weight excluding hydrogens is 282 g/mol. The van der Waals surface area contributed by atoms with Gasteiger partial charge in [-0.1, -0.05) is 0 Å². The van der Waals surface area contributed by atoms with Crippen molar-refractivity contribution < 1.29 is 33.4 Å². The van der Waals surface area contributed by atoms with Gasteiger partial charge in [0.2, 0.25) is 0 Å². The SMILES string of the molecule is N#Cc1c(OC(F)F)ccc([N+](=O)[O-])c1C(O)C(=O)O. The molecule has 0 saturated heterocycles. The summed E-state index contributed by atoms with van der Waals surface area (Å²) in [6, 6.07) is 2.70. The van der Waals surface area contributed by atoms with Gasteiger partial charge in [-0.15, -0.1) is 0 Å². The van der Waals surface area contributed by atoms with E-state index in [2.05, 4.69) is 4.74 Å². The number of benzene rings is 1. The zero-order chi connectivity index (χ0) is 15.4. The van der Waals surface area contributed by atoms with Gasteiger partial charge >= 0.3 is 12.6 Å². The van der Waals surface area contributed by atoms with Crippen LogP contribution in [0.25, 0.3) is 0 Å². The normalized spacial score (nSPS) is 11.8. The van der Waals surface area contributed by atoms with Crippen molar-refractivity contribution >= 4 is 11.7 Å². The minimum Gasteiger partial charge on any atom is -0.479 e. The average molecular weight is 288 g/mol. The molecule has 8 nitrogen and oxygen atoms in total. The maximum Gasteiger partial charge on any atom is 0.387 e. The molecule has 0 aliphatic carbocycles. The van der Waals surface area contributed by atoms with Crippen LogP contribution in [0.5, 0.6) is 5.75 Å². The van der Waals surface area contributed by atoms with Gasteiger partial charge in [-0.2, -0.15) is 14.0 Å². The number of ether oxygens (including phenoxy) is 1. The Morgan fingerprint density at radius 2 is 2.10 bits per heavy atom. The highest BCUT2D eigenvalue weighted by molar-refractivity contribution is 5.78. The number of rotatable bonds is 5. The summed E-state index contributed by atoms with van der Waals surface area (Å²) in [5.41, 5.74) is -2.64. The fourth-order valence-corrected chi connectivity index (χ4v) is 1.46. The Bertz CT molecular complexity index is 598. The first-order chi connectivity index (χ1) is 9.29. The molecule has 1 atom stereocenters. The third-order valence-electron chi connectivity index (χ3n) is 2.22. The predicted octanol–water partition coefficient (Wildman–Crippen LogP) is 1.19. The molecule has 0 aliphatic heterocycles. The highest BCUT2D eigenvalue weighted by atomic mass is 19.3. The summed E-state index contributed by atoms with van der Waals surface area (Å²) in [7, 11) is 0. The Labute approximate surface area is 109 Å². The Morgan fingerprint density at radius 3 is 2.50 bits per heavy atom. The smallest absolute Gasteiger partial charge is 0.387 e. The van der Waals surface area contributed by atoms with Gasteiger partial charge in [-0.3, -0.25) is 10.1 Å². The number of aliphatic hydroxyl groups is 1. The number of nitro benzene ring substituents is 1. The van der Waals surface area contributed by atoms with Crippen LogP contribution >= 0.6 is 0 Å². The molecule has 2 N–H and O–H groups in total. The first-order valence-corrected chi connectivity index (χ1v) is 4.86. The quantitative estimate of drug-likeness (QED) is 0.613. The highest BCUT2D eigenvalue weighted by Crippen LogP contribution is 2.35. The molecule has 0 fully saturated rings. The maximum atomic E-state index is 12.1. The van der Waals surface area contributed by atoms with Gasteiger partial charge in [0.15, 0.2) is 6.10 Å². The number of aliphatic carboxylic acids is 1. The van der Waals surface area contributed by atoms with E-state index in [1.54, 1.807) is 0 Å². The summed E-state index contributed by atoms with van der Waals surface area (Å²) in [6.07, 6.45) is -2.42. The second-order valence-electron chi connectivity index (χ2n) is 3.36.